The van der Waals surface area contributed by atoms with E-state index in [1.807, 2.05) is 11.3 Å². The van der Waals surface area contributed by atoms with Gasteiger partial charge in [-0.05, 0) is 133 Å². The smallest absolute Gasteiger partial charge is 0.0540 e. The highest BCUT2D eigenvalue weighted by Crippen LogP contribution is 2.57. The van der Waals surface area contributed by atoms with Gasteiger partial charge < -0.3 is 4.90 Å². The van der Waals surface area contributed by atoms with Gasteiger partial charge in [0.15, 0.2) is 0 Å². The first-order valence-electron chi connectivity index (χ1n) is 24.2. The Hall–Kier alpha value is -8.04. The number of thiophene rings is 1. The van der Waals surface area contributed by atoms with Gasteiger partial charge in [-0.3, -0.25) is 0 Å². The molecule has 11 aromatic rings. The van der Waals surface area contributed by atoms with Crippen LogP contribution in [0.2, 0.25) is 0 Å². The lowest BCUT2D eigenvalue weighted by atomic mass is 9.68. The number of hydrogen-bond acceptors (Lipinski definition) is 2. The summed E-state index contributed by atoms with van der Waals surface area (Å²) in [5.41, 5.74) is 19.9. The summed E-state index contributed by atoms with van der Waals surface area (Å²) in [6.45, 7) is 4.86. The molecule has 13 rings (SSSR count). The zero-order valence-electron chi connectivity index (χ0n) is 38.7. The van der Waals surface area contributed by atoms with Gasteiger partial charge in [0.05, 0.1) is 5.69 Å². The van der Waals surface area contributed by atoms with Crippen LogP contribution in [-0.4, -0.2) is 0 Å². The van der Waals surface area contributed by atoms with Gasteiger partial charge in [0.25, 0.3) is 0 Å². The van der Waals surface area contributed by atoms with E-state index in [0.717, 1.165) is 23.5 Å². The van der Waals surface area contributed by atoms with Gasteiger partial charge in [-0.1, -0.05) is 213 Å². The number of rotatable bonds is 8. The van der Waals surface area contributed by atoms with E-state index in [1.54, 1.807) is 0 Å². The molecule has 2 heteroatoms. The van der Waals surface area contributed by atoms with Crippen LogP contribution < -0.4 is 4.90 Å². The second-order valence-corrected chi connectivity index (χ2v) is 19.9. The molecule has 0 bridgehead atoms. The van der Waals surface area contributed by atoms with E-state index in [2.05, 4.69) is 261 Å². The summed E-state index contributed by atoms with van der Waals surface area (Å²) in [4.78, 5) is 2.46. The average Bonchev–Trinajstić information content (AvgIpc) is 3.93. The van der Waals surface area contributed by atoms with Gasteiger partial charge in [-0.2, -0.15) is 0 Å². The molecular formula is C67H49NS. The lowest BCUT2D eigenvalue weighted by molar-refractivity contribution is 0.559. The largest absolute Gasteiger partial charge is 0.310 e. The first kappa shape index (κ1) is 41.2. The lowest BCUT2D eigenvalue weighted by Crippen LogP contribution is -2.27. The third-order valence-corrected chi connectivity index (χ3v) is 16.2. The Morgan fingerprint density at radius 2 is 1.04 bits per heavy atom. The Kier molecular flexibility index (Phi) is 9.92. The van der Waals surface area contributed by atoms with E-state index in [-0.39, 0.29) is 5.41 Å². The Labute approximate surface area is 408 Å². The molecule has 10 aromatic carbocycles. The summed E-state index contributed by atoms with van der Waals surface area (Å²) in [5.74, 6) is 0.446. The molecule has 1 heterocycles. The molecule has 2 atom stereocenters. The van der Waals surface area contributed by atoms with Crippen LogP contribution in [0.5, 0.6) is 0 Å². The molecule has 2 aliphatic rings. The average molecular weight is 900 g/mol. The highest BCUT2D eigenvalue weighted by molar-refractivity contribution is 7.26. The summed E-state index contributed by atoms with van der Waals surface area (Å²) >= 11 is 1.88. The summed E-state index contributed by atoms with van der Waals surface area (Å²) in [6.07, 6.45) is 5.84. The highest BCUT2D eigenvalue weighted by atomic mass is 32.1. The Morgan fingerprint density at radius 1 is 0.478 bits per heavy atom. The molecule has 328 valence electrons. The summed E-state index contributed by atoms with van der Waals surface area (Å²) in [7, 11) is 0. The Bertz CT molecular complexity index is 3810. The topological polar surface area (TPSA) is 3.24 Å². The number of fused-ring (bicyclic) bond motifs is 6. The van der Waals surface area contributed by atoms with Crippen molar-refractivity contribution in [2.24, 2.45) is 5.92 Å². The molecule has 0 radical (unpaired) electrons. The number of para-hydroxylation sites is 1. The van der Waals surface area contributed by atoms with Gasteiger partial charge in [0, 0.05) is 42.5 Å². The molecule has 0 N–H and O–H groups in total. The van der Waals surface area contributed by atoms with Crippen molar-refractivity contribution in [2.45, 2.75) is 25.7 Å². The molecule has 0 fully saturated rings. The van der Waals surface area contributed by atoms with Gasteiger partial charge >= 0.3 is 0 Å². The van der Waals surface area contributed by atoms with Crippen molar-refractivity contribution in [2.75, 3.05) is 4.90 Å². The fraction of sp³-hybridized carbons (Fsp3) is 0.0746. The van der Waals surface area contributed by atoms with E-state index in [9.17, 15) is 0 Å². The lowest BCUT2D eigenvalue weighted by Gasteiger charge is -2.34. The van der Waals surface area contributed by atoms with Gasteiger partial charge in [0.2, 0.25) is 0 Å². The standard InChI is InChI=1S/C67H49NS/c1-44-18-13-32-59-64-53(28-17-33-60(64)67(2,65(44)59)49-23-7-4-8-24-49)46-36-40-50(41-37-46)68(51-42-38-47(39-43-51)54-29-16-31-58-56-26-10-12-35-62(56)69-66(54)58)61-34-11-9-25-55(61)57-30-15-22-48-21-14-27-52(63(48)57)45-19-5-3-6-20-45/h3-17,19-44H,18H2,1-2H3. The van der Waals surface area contributed by atoms with Crippen molar-refractivity contribution < 1.29 is 0 Å². The molecule has 0 aliphatic heterocycles. The van der Waals surface area contributed by atoms with Gasteiger partial charge in [-0.15, -0.1) is 11.3 Å². The summed E-state index contributed by atoms with van der Waals surface area (Å²) < 4.78 is 2.64. The quantitative estimate of drug-likeness (QED) is 0.147. The predicted molar refractivity (Wildman–Crippen MR) is 296 cm³/mol. The van der Waals surface area contributed by atoms with Crippen molar-refractivity contribution in [1.82, 2.24) is 0 Å². The first-order valence-corrected chi connectivity index (χ1v) is 25.0. The molecule has 69 heavy (non-hydrogen) atoms. The van der Waals surface area contributed by atoms with E-state index in [1.165, 1.54) is 103 Å². The summed E-state index contributed by atoms with van der Waals surface area (Å²) in [6, 6.07) is 85.4. The Balaban J connectivity index is 0.975. The van der Waals surface area contributed by atoms with Crippen molar-refractivity contribution in [3.63, 3.8) is 0 Å². The van der Waals surface area contributed by atoms with Crippen molar-refractivity contribution in [3.8, 4) is 44.5 Å². The number of anilines is 3. The first-order chi connectivity index (χ1) is 34.0. The molecule has 0 spiro atoms. The minimum atomic E-state index is -0.205. The summed E-state index contributed by atoms with van der Waals surface area (Å²) in [5, 5.41) is 5.10. The van der Waals surface area contributed by atoms with E-state index in [4.69, 9.17) is 0 Å². The molecule has 0 amide bonds. The molecule has 1 aromatic heterocycles. The van der Waals surface area contributed by atoms with Crippen LogP contribution in [0.4, 0.5) is 17.1 Å². The zero-order valence-corrected chi connectivity index (χ0v) is 39.6. The molecule has 2 aliphatic carbocycles. The van der Waals surface area contributed by atoms with E-state index < -0.39 is 0 Å². The van der Waals surface area contributed by atoms with Crippen LogP contribution in [0, 0.1) is 5.92 Å². The molecule has 2 unspecified atom stereocenters. The molecule has 1 nitrogen and oxygen atoms in total. The maximum atomic E-state index is 2.46. The SMILES string of the molecule is CC1CC=CC2=C1C(C)(c1ccccc1)c1cccc(-c3ccc(N(c4ccc(-c5cccc6c5sc5ccccc56)cc4)c4ccccc4-c4cccc5cccc(-c6ccccc6)c45)cc3)c12. The number of benzene rings is 10. The second-order valence-electron chi connectivity index (χ2n) is 18.9. The normalized spacial score (nSPS) is 16.3. The molecule has 0 saturated heterocycles. The van der Waals surface area contributed by atoms with Crippen LogP contribution in [0.25, 0.3) is 81.0 Å². The molecular weight excluding hydrogens is 851 g/mol. The highest BCUT2D eigenvalue weighted by Gasteiger charge is 2.45. The number of allylic oxidation sites excluding steroid dienone is 4. The van der Waals surface area contributed by atoms with Crippen LogP contribution in [-0.2, 0) is 5.41 Å². The monoisotopic (exact) mass is 899 g/mol. The maximum absolute atomic E-state index is 2.46. The Morgan fingerprint density at radius 3 is 1.81 bits per heavy atom. The number of hydrogen-bond donors (Lipinski definition) is 0. The third-order valence-electron chi connectivity index (χ3n) is 15.0. The fourth-order valence-electron chi connectivity index (χ4n) is 11.9. The van der Waals surface area contributed by atoms with Crippen LogP contribution in [0.15, 0.2) is 248 Å². The van der Waals surface area contributed by atoms with E-state index in [0.29, 0.717) is 5.92 Å². The van der Waals surface area contributed by atoms with Crippen molar-refractivity contribution >= 4 is 64.9 Å². The number of nitrogens with zero attached hydrogens (tertiary/aromatic N) is 1. The second kappa shape index (κ2) is 16.6. The van der Waals surface area contributed by atoms with Gasteiger partial charge in [0.1, 0.15) is 0 Å². The fourth-order valence-corrected chi connectivity index (χ4v) is 13.1. The van der Waals surface area contributed by atoms with Crippen molar-refractivity contribution in [3.05, 3.63) is 265 Å². The van der Waals surface area contributed by atoms with Crippen LogP contribution >= 0.6 is 11.3 Å². The van der Waals surface area contributed by atoms with Crippen molar-refractivity contribution in [1.29, 1.82) is 0 Å². The zero-order chi connectivity index (χ0) is 46.1. The van der Waals surface area contributed by atoms with E-state index >= 15 is 0 Å². The maximum Gasteiger partial charge on any atom is 0.0540 e. The minimum Gasteiger partial charge on any atom is -0.310 e. The molecule has 0 saturated carbocycles. The predicted octanol–water partition coefficient (Wildman–Crippen LogP) is 19.0. The van der Waals surface area contributed by atoms with Crippen LogP contribution in [0.3, 0.4) is 0 Å². The van der Waals surface area contributed by atoms with Gasteiger partial charge in [-0.25, -0.2) is 0 Å². The van der Waals surface area contributed by atoms with Crippen LogP contribution in [0.1, 0.15) is 37.0 Å². The minimum absolute atomic E-state index is 0.205. The third kappa shape index (κ3) is 6.66.